The number of benzene rings is 1. The van der Waals surface area contributed by atoms with Crippen molar-refractivity contribution in [3.05, 3.63) is 28.8 Å². The first kappa shape index (κ1) is 15.1. The van der Waals surface area contributed by atoms with Crippen molar-refractivity contribution < 1.29 is 9.53 Å². The number of anilines is 1. The number of ether oxygens (including phenoxy) is 1. The van der Waals surface area contributed by atoms with Gasteiger partial charge >= 0.3 is 5.97 Å². The molecule has 4 nitrogen and oxygen atoms in total. The molecular formula is C14H17ClN2O2S. The smallest absolute Gasteiger partial charge is 0.328 e. The molecule has 0 radical (unpaired) electrons. The van der Waals surface area contributed by atoms with Crippen molar-refractivity contribution in [2.24, 2.45) is 0 Å². The van der Waals surface area contributed by atoms with E-state index < -0.39 is 0 Å². The highest BCUT2D eigenvalue weighted by atomic mass is 35.5. The van der Waals surface area contributed by atoms with E-state index in [-0.39, 0.29) is 12.0 Å². The zero-order valence-electron chi connectivity index (χ0n) is 11.5. The van der Waals surface area contributed by atoms with Crippen molar-refractivity contribution in [2.45, 2.75) is 25.8 Å². The third-order valence-corrected chi connectivity index (χ3v) is 3.99. The van der Waals surface area contributed by atoms with Crippen LogP contribution >= 0.6 is 23.8 Å². The molecule has 1 unspecified atom stereocenters. The Labute approximate surface area is 129 Å². The van der Waals surface area contributed by atoms with E-state index in [4.69, 9.17) is 28.6 Å². The Hall–Kier alpha value is -1.33. The Morgan fingerprint density at radius 3 is 2.95 bits per heavy atom. The third kappa shape index (κ3) is 3.22. The first-order chi connectivity index (χ1) is 9.52. The number of hydrogen-bond donors (Lipinski definition) is 1. The van der Waals surface area contributed by atoms with Crippen molar-refractivity contribution in [2.75, 3.05) is 19.0 Å². The van der Waals surface area contributed by atoms with Crippen LogP contribution in [0.15, 0.2) is 18.2 Å². The van der Waals surface area contributed by atoms with Gasteiger partial charge in [0.2, 0.25) is 0 Å². The predicted octanol–water partition coefficient (Wildman–Crippen LogP) is 2.98. The van der Waals surface area contributed by atoms with Crippen LogP contribution in [-0.4, -0.2) is 35.7 Å². The number of esters is 1. The molecule has 108 valence electrons. The van der Waals surface area contributed by atoms with Crippen LogP contribution in [-0.2, 0) is 9.53 Å². The van der Waals surface area contributed by atoms with Crippen LogP contribution < -0.4 is 5.32 Å². The number of carbonyl (C=O) groups is 1. The Balaban J connectivity index is 2.09. The van der Waals surface area contributed by atoms with Crippen LogP contribution in [0.4, 0.5) is 5.69 Å². The second-order valence-electron chi connectivity index (χ2n) is 4.76. The SMILES string of the molecule is COC(=O)C1CCCN1C(=S)Nc1ccc(Cl)cc1C. The van der Waals surface area contributed by atoms with E-state index in [0.29, 0.717) is 10.1 Å². The lowest BCUT2D eigenvalue weighted by atomic mass is 10.2. The zero-order chi connectivity index (χ0) is 14.7. The number of halogens is 1. The standard InChI is InChI=1S/C14H17ClN2O2S/c1-9-8-10(15)5-6-11(9)16-14(20)17-7-3-4-12(17)13(18)19-2/h5-6,8,12H,3-4,7H2,1-2H3,(H,16,20). The van der Waals surface area contributed by atoms with Gasteiger partial charge in [0.1, 0.15) is 6.04 Å². The second kappa shape index (κ2) is 6.41. The van der Waals surface area contributed by atoms with E-state index in [1.807, 2.05) is 24.0 Å². The Morgan fingerprint density at radius 2 is 2.30 bits per heavy atom. The van der Waals surface area contributed by atoms with Gasteiger partial charge in [-0.05, 0) is 55.7 Å². The number of methoxy groups -OCH3 is 1. The van der Waals surface area contributed by atoms with Gasteiger partial charge in [-0.2, -0.15) is 0 Å². The number of aryl methyl sites for hydroxylation is 1. The summed E-state index contributed by atoms with van der Waals surface area (Å²) in [4.78, 5) is 13.6. The minimum atomic E-state index is -0.285. The second-order valence-corrected chi connectivity index (χ2v) is 5.59. The average molecular weight is 313 g/mol. The van der Waals surface area contributed by atoms with Crippen molar-refractivity contribution in [1.29, 1.82) is 0 Å². The van der Waals surface area contributed by atoms with Gasteiger partial charge < -0.3 is 15.0 Å². The van der Waals surface area contributed by atoms with E-state index in [9.17, 15) is 4.79 Å². The lowest BCUT2D eigenvalue weighted by Crippen LogP contribution is -2.43. The normalized spacial score (nSPS) is 17.9. The fourth-order valence-electron chi connectivity index (χ4n) is 2.35. The molecular weight excluding hydrogens is 296 g/mol. The summed E-state index contributed by atoms with van der Waals surface area (Å²) in [7, 11) is 1.40. The molecule has 6 heteroatoms. The summed E-state index contributed by atoms with van der Waals surface area (Å²) in [6.45, 7) is 2.72. The maximum atomic E-state index is 11.7. The largest absolute Gasteiger partial charge is 0.467 e. The van der Waals surface area contributed by atoms with Crippen LogP contribution in [0.1, 0.15) is 18.4 Å². The van der Waals surface area contributed by atoms with E-state index in [0.717, 1.165) is 30.6 Å². The van der Waals surface area contributed by atoms with Crippen molar-refractivity contribution in [1.82, 2.24) is 4.90 Å². The average Bonchev–Trinajstić information content (AvgIpc) is 2.90. The molecule has 0 aliphatic carbocycles. The summed E-state index contributed by atoms with van der Waals surface area (Å²) in [5.74, 6) is -0.237. The molecule has 2 rings (SSSR count). The maximum absolute atomic E-state index is 11.7. The molecule has 1 N–H and O–H groups in total. The molecule has 1 aromatic carbocycles. The first-order valence-electron chi connectivity index (χ1n) is 6.44. The van der Waals surface area contributed by atoms with E-state index in [1.165, 1.54) is 7.11 Å². The Bertz CT molecular complexity index is 536. The quantitative estimate of drug-likeness (QED) is 0.671. The number of thiocarbonyl (C=S) groups is 1. The van der Waals surface area contributed by atoms with Crippen LogP contribution in [0.25, 0.3) is 0 Å². The molecule has 1 aliphatic heterocycles. The highest BCUT2D eigenvalue weighted by Gasteiger charge is 2.33. The van der Waals surface area contributed by atoms with Gasteiger partial charge in [0, 0.05) is 17.3 Å². The predicted molar refractivity (Wildman–Crippen MR) is 84.2 cm³/mol. The summed E-state index contributed by atoms with van der Waals surface area (Å²) < 4.78 is 4.82. The number of nitrogens with one attached hydrogen (secondary N) is 1. The number of carbonyl (C=O) groups excluding carboxylic acids is 1. The topological polar surface area (TPSA) is 41.6 Å². The fourth-order valence-corrected chi connectivity index (χ4v) is 2.90. The van der Waals surface area contributed by atoms with E-state index in [2.05, 4.69) is 5.32 Å². The summed E-state index contributed by atoms with van der Waals surface area (Å²) in [5, 5.41) is 4.41. The monoisotopic (exact) mass is 312 g/mol. The summed E-state index contributed by atoms with van der Waals surface area (Å²) in [6.07, 6.45) is 1.70. The van der Waals surface area contributed by atoms with Crippen molar-refractivity contribution >= 4 is 40.6 Å². The third-order valence-electron chi connectivity index (χ3n) is 3.42. The summed E-state index contributed by atoms with van der Waals surface area (Å²) >= 11 is 11.3. The molecule has 0 spiro atoms. The lowest BCUT2D eigenvalue weighted by molar-refractivity contribution is -0.144. The number of nitrogens with zero attached hydrogens (tertiary/aromatic N) is 1. The maximum Gasteiger partial charge on any atom is 0.328 e. The van der Waals surface area contributed by atoms with Crippen molar-refractivity contribution in [3.8, 4) is 0 Å². The van der Waals surface area contributed by atoms with Gasteiger partial charge in [-0.3, -0.25) is 0 Å². The van der Waals surface area contributed by atoms with Gasteiger partial charge in [0.25, 0.3) is 0 Å². The summed E-state index contributed by atoms with van der Waals surface area (Å²) in [6, 6.07) is 5.27. The molecule has 0 bridgehead atoms. The highest BCUT2D eigenvalue weighted by Crippen LogP contribution is 2.23. The zero-order valence-corrected chi connectivity index (χ0v) is 13.1. The molecule has 1 fully saturated rings. The van der Waals surface area contributed by atoms with E-state index >= 15 is 0 Å². The Morgan fingerprint density at radius 1 is 1.55 bits per heavy atom. The number of likely N-dealkylation sites (tertiary alicyclic amines) is 1. The first-order valence-corrected chi connectivity index (χ1v) is 7.23. The molecule has 20 heavy (non-hydrogen) atoms. The lowest BCUT2D eigenvalue weighted by Gasteiger charge is -2.26. The highest BCUT2D eigenvalue weighted by molar-refractivity contribution is 7.80. The molecule has 1 saturated heterocycles. The van der Waals surface area contributed by atoms with Crippen LogP contribution in [0, 0.1) is 6.92 Å². The molecule has 1 atom stereocenters. The van der Waals surface area contributed by atoms with Crippen molar-refractivity contribution in [3.63, 3.8) is 0 Å². The van der Waals surface area contributed by atoms with Gasteiger partial charge in [-0.25, -0.2) is 4.79 Å². The van der Waals surface area contributed by atoms with Gasteiger partial charge in [-0.15, -0.1) is 0 Å². The minimum Gasteiger partial charge on any atom is -0.467 e. The Kier molecular flexibility index (Phi) is 4.83. The van der Waals surface area contributed by atoms with Gasteiger partial charge in [0.15, 0.2) is 5.11 Å². The van der Waals surface area contributed by atoms with Crippen LogP contribution in [0.3, 0.4) is 0 Å². The number of hydrogen-bond acceptors (Lipinski definition) is 3. The molecule has 0 amide bonds. The summed E-state index contributed by atoms with van der Waals surface area (Å²) in [5.41, 5.74) is 1.91. The molecule has 1 aromatic rings. The molecule has 1 aliphatic rings. The molecule has 0 saturated carbocycles. The van der Waals surface area contributed by atoms with Gasteiger partial charge in [-0.1, -0.05) is 11.6 Å². The van der Waals surface area contributed by atoms with E-state index in [1.54, 1.807) is 6.07 Å². The van der Waals surface area contributed by atoms with Crippen LogP contribution in [0.2, 0.25) is 5.02 Å². The molecule has 1 heterocycles. The van der Waals surface area contributed by atoms with Crippen LogP contribution in [0.5, 0.6) is 0 Å². The molecule has 0 aromatic heterocycles. The minimum absolute atomic E-state index is 0.237. The number of rotatable bonds is 2. The fraction of sp³-hybridized carbons (Fsp3) is 0.429. The van der Waals surface area contributed by atoms with Gasteiger partial charge in [0.05, 0.1) is 7.11 Å².